The van der Waals surface area contributed by atoms with Gasteiger partial charge in [0.2, 0.25) is 0 Å². The van der Waals surface area contributed by atoms with Gasteiger partial charge in [0.15, 0.2) is 0 Å². The minimum atomic E-state index is 0.328. The minimum absolute atomic E-state index is 0.328. The van der Waals surface area contributed by atoms with Crippen molar-refractivity contribution in [3.05, 3.63) is 23.8 Å². The molecule has 0 amide bonds. The topological polar surface area (TPSA) is 15.7 Å². The van der Waals surface area contributed by atoms with Crippen molar-refractivity contribution in [3.8, 4) is 5.75 Å². The highest BCUT2D eigenvalue weighted by Crippen LogP contribution is 2.66. The molecule has 1 aromatic rings. The van der Waals surface area contributed by atoms with Crippen molar-refractivity contribution in [2.24, 2.45) is 5.41 Å². The lowest BCUT2D eigenvalue weighted by Gasteiger charge is -2.58. The lowest BCUT2D eigenvalue weighted by Crippen LogP contribution is -2.64. The van der Waals surface area contributed by atoms with Crippen LogP contribution in [-0.4, -0.2) is 43.7 Å². The fourth-order valence-electron chi connectivity index (χ4n) is 7.49. The molecule has 0 radical (unpaired) electrons. The maximum Gasteiger partial charge on any atom is 0.142 e. The quantitative estimate of drug-likeness (QED) is 0.820. The fraction of sp³-hybridized carbons (Fsp3) is 0.727. The van der Waals surface area contributed by atoms with E-state index >= 15 is 0 Å². The van der Waals surface area contributed by atoms with Crippen molar-refractivity contribution >= 4 is 5.69 Å². The highest BCUT2D eigenvalue weighted by molar-refractivity contribution is 5.73. The first kappa shape index (κ1) is 16.0. The Bertz CT molecular complexity index is 689. The third-order valence-corrected chi connectivity index (χ3v) is 8.30. The molecule has 1 aromatic carbocycles. The van der Waals surface area contributed by atoms with E-state index in [2.05, 4.69) is 41.8 Å². The Morgan fingerprint density at radius 2 is 2.04 bits per heavy atom. The summed E-state index contributed by atoms with van der Waals surface area (Å²) in [6, 6.07) is 8.23. The van der Waals surface area contributed by atoms with Crippen molar-refractivity contribution < 1.29 is 4.74 Å². The van der Waals surface area contributed by atoms with Crippen molar-refractivity contribution in [3.63, 3.8) is 0 Å². The van der Waals surface area contributed by atoms with Crippen molar-refractivity contribution in [1.29, 1.82) is 0 Å². The standard InChI is InChI=1S/C22H32N2O/c1-4-21-11-7-14-23-15-13-22(20(21)23)16-8-6-9-17(25-3)19(16)24(5-2)18(22)10-12-21/h6,8-9,18,20H,4-5,7,10-15H2,1-3H3. The third-order valence-electron chi connectivity index (χ3n) is 8.30. The van der Waals surface area contributed by atoms with Crippen LogP contribution in [0.4, 0.5) is 5.69 Å². The normalized spacial score (nSPS) is 39.1. The second-order valence-corrected chi connectivity index (χ2v) is 8.75. The average molecular weight is 341 g/mol. The molecule has 3 nitrogen and oxygen atoms in total. The molecule has 4 aliphatic rings. The van der Waals surface area contributed by atoms with Crippen LogP contribution in [-0.2, 0) is 5.41 Å². The van der Waals surface area contributed by atoms with Gasteiger partial charge in [0.05, 0.1) is 12.8 Å². The fourth-order valence-corrected chi connectivity index (χ4v) is 7.49. The first-order chi connectivity index (χ1) is 12.2. The SMILES string of the molecule is CCN1c2c(OC)cccc2C23CCN4CCCC(CC)(CCC12)C43. The summed E-state index contributed by atoms with van der Waals surface area (Å²) < 4.78 is 5.83. The highest BCUT2D eigenvalue weighted by Gasteiger charge is 2.67. The second kappa shape index (κ2) is 5.39. The van der Waals surface area contributed by atoms with Crippen LogP contribution in [0, 0.1) is 5.41 Å². The number of methoxy groups -OCH3 is 1. The molecule has 0 bridgehead atoms. The number of likely N-dealkylation sites (N-methyl/N-ethyl adjacent to an activating group) is 1. The maximum atomic E-state index is 5.83. The van der Waals surface area contributed by atoms with Crippen LogP contribution in [0.3, 0.4) is 0 Å². The Hall–Kier alpha value is -1.22. The Balaban J connectivity index is 1.75. The molecule has 5 rings (SSSR count). The Kier molecular flexibility index (Phi) is 3.45. The van der Waals surface area contributed by atoms with Gasteiger partial charge in [-0.2, -0.15) is 0 Å². The molecule has 1 saturated carbocycles. The van der Waals surface area contributed by atoms with E-state index in [1.807, 2.05) is 7.11 Å². The minimum Gasteiger partial charge on any atom is -0.495 e. The van der Waals surface area contributed by atoms with Crippen molar-refractivity contribution in [2.45, 2.75) is 69.9 Å². The molecule has 3 heteroatoms. The van der Waals surface area contributed by atoms with Crippen LogP contribution in [0.15, 0.2) is 18.2 Å². The molecule has 25 heavy (non-hydrogen) atoms. The van der Waals surface area contributed by atoms with Gasteiger partial charge in [-0.1, -0.05) is 19.1 Å². The zero-order valence-electron chi connectivity index (χ0n) is 16.1. The largest absolute Gasteiger partial charge is 0.495 e. The first-order valence-corrected chi connectivity index (χ1v) is 10.4. The molecule has 3 heterocycles. The summed E-state index contributed by atoms with van der Waals surface area (Å²) in [5.74, 6) is 1.08. The number of anilines is 1. The van der Waals surface area contributed by atoms with Crippen LogP contribution in [0.1, 0.15) is 57.9 Å². The van der Waals surface area contributed by atoms with Gasteiger partial charge in [-0.25, -0.2) is 0 Å². The summed E-state index contributed by atoms with van der Waals surface area (Å²) in [5, 5.41) is 0. The molecular formula is C22H32N2O. The Labute approximate surface area is 152 Å². The zero-order valence-corrected chi connectivity index (χ0v) is 16.1. The summed E-state index contributed by atoms with van der Waals surface area (Å²) in [4.78, 5) is 5.58. The molecule has 4 unspecified atom stereocenters. The molecular weight excluding hydrogens is 308 g/mol. The van der Waals surface area contributed by atoms with Crippen molar-refractivity contribution in [2.75, 3.05) is 31.6 Å². The Morgan fingerprint density at radius 1 is 1.16 bits per heavy atom. The highest BCUT2D eigenvalue weighted by atomic mass is 16.5. The van der Waals surface area contributed by atoms with E-state index in [1.54, 1.807) is 5.56 Å². The number of ether oxygens (including phenoxy) is 1. The van der Waals surface area contributed by atoms with Gasteiger partial charge >= 0.3 is 0 Å². The van der Waals surface area contributed by atoms with E-state index in [-0.39, 0.29) is 0 Å². The summed E-state index contributed by atoms with van der Waals surface area (Å²) in [7, 11) is 1.83. The van der Waals surface area contributed by atoms with Gasteiger partial charge in [0, 0.05) is 24.0 Å². The third kappa shape index (κ3) is 1.76. The molecule has 3 fully saturated rings. The van der Waals surface area contributed by atoms with Crippen LogP contribution in [0.5, 0.6) is 5.75 Å². The van der Waals surface area contributed by atoms with Gasteiger partial charge in [-0.15, -0.1) is 0 Å². The predicted molar refractivity (Wildman–Crippen MR) is 103 cm³/mol. The van der Waals surface area contributed by atoms with Crippen molar-refractivity contribution in [1.82, 2.24) is 4.90 Å². The van der Waals surface area contributed by atoms with E-state index in [1.165, 1.54) is 57.3 Å². The molecule has 0 aromatic heterocycles. The van der Waals surface area contributed by atoms with E-state index < -0.39 is 0 Å². The molecule has 136 valence electrons. The summed E-state index contributed by atoms with van der Waals surface area (Å²) in [6.45, 7) is 8.47. The smallest absolute Gasteiger partial charge is 0.142 e. The molecule has 2 saturated heterocycles. The Morgan fingerprint density at radius 3 is 2.80 bits per heavy atom. The maximum absolute atomic E-state index is 5.83. The number of benzene rings is 1. The number of fused-ring (bicyclic) bond motifs is 1. The molecule has 1 spiro atoms. The van der Waals surface area contributed by atoms with Gasteiger partial charge in [0.25, 0.3) is 0 Å². The van der Waals surface area contributed by atoms with Crippen LogP contribution >= 0.6 is 0 Å². The van der Waals surface area contributed by atoms with E-state index in [9.17, 15) is 0 Å². The van der Waals surface area contributed by atoms with E-state index in [0.717, 1.165) is 18.3 Å². The van der Waals surface area contributed by atoms with Gasteiger partial charge in [-0.05, 0) is 75.6 Å². The van der Waals surface area contributed by atoms with Crippen LogP contribution in [0.2, 0.25) is 0 Å². The number of hydrogen-bond donors (Lipinski definition) is 0. The molecule has 4 atom stereocenters. The molecule has 3 aliphatic heterocycles. The monoisotopic (exact) mass is 340 g/mol. The zero-order chi connectivity index (χ0) is 17.2. The lowest BCUT2D eigenvalue weighted by atomic mass is 9.52. The van der Waals surface area contributed by atoms with Gasteiger partial charge < -0.3 is 9.64 Å². The van der Waals surface area contributed by atoms with Crippen LogP contribution in [0.25, 0.3) is 0 Å². The number of piperidine rings is 1. The van der Waals surface area contributed by atoms with Gasteiger partial charge in [0.1, 0.15) is 5.75 Å². The number of rotatable bonds is 3. The van der Waals surface area contributed by atoms with Gasteiger partial charge in [-0.3, -0.25) is 4.90 Å². The lowest BCUT2D eigenvalue weighted by molar-refractivity contribution is -0.0341. The first-order valence-electron chi connectivity index (χ1n) is 10.4. The number of nitrogens with zero attached hydrogens (tertiary/aromatic N) is 2. The van der Waals surface area contributed by atoms with E-state index in [4.69, 9.17) is 4.74 Å². The number of para-hydroxylation sites is 1. The average Bonchev–Trinajstić information content (AvgIpc) is 3.19. The molecule has 1 aliphatic carbocycles. The summed E-state index contributed by atoms with van der Waals surface area (Å²) >= 11 is 0. The predicted octanol–water partition coefficient (Wildman–Crippen LogP) is 4.20. The summed E-state index contributed by atoms with van der Waals surface area (Å²) in [5.41, 5.74) is 3.88. The summed E-state index contributed by atoms with van der Waals surface area (Å²) in [6.07, 6.45) is 8.26. The van der Waals surface area contributed by atoms with E-state index in [0.29, 0.717) is 16.9 Å². The number of hydrogen-bond acceptors (Lipinski definition) is 3. The van der Waals surface area contributed by atoms with Crippen LogP contribution < -0.4 is 9.64 Å². The molecule has 0 N–H and O–H groups in total. The second-order valence-electron chi connectivity index (χ2n) is 8.75.